The number of carbonyl (C=O) groups is 1. The third-order valence-electron chi connectivity index (χ3n) is 5.71. The fourth-order valence-corrected chi connectivity index (χ4v) is 5.36. The Morgan fingerprint density at radius 1 is 1.03 bits per heavy atom. The predicted octanol–water partition coefficient (Wildman–Crippen LogP) is 3.82. The number of aliphatic hydroxyl groups excluding tert-OH is 1. The number of carbonyl (C=O) groups excluding carboxylic acids is 1. The number of alkyl halides is 1. The van der Waals surface area contributed by atoms with Gasteiger partial charge in [0.05, 0.1) is 10.9 Å². The normalized spacial score (nSPS) is 19.5. The van der Waals surface area contributed by atoms with E-state index in [4.69, 9.17) is 16.3 Å². The molecule has 4 rings (SSSR count). The zero-order chi connectivity index (χ0) is 23.6. The summed E-state index contributed by atoms with van der Waals surface area (Å²) in [5.74, 6) is -0.814. The molecule has 0 radical (unpaired) electrons. The average Bonchev–Trinajstić information content (AvgIpc) is 3.15. The minimum absolute atomic E-state index is 0.122. The molecule has 172 valence electrons. The molecule has 33 heavy (non-hydrogen) atoms. The van der Waals surface area contributed by atoms with Gasteiger partial charge in [-0.05, 0) is 35.7 Å². The van der Waals surface area contributed by atoms with E-state index in [0.717, 1.165) is 16.7 Å². The van der Waals surface area contributed by atoms with Crippen molar-refractivity contribution in [3.05, 3.63) is 101 Å². The monoisotopic (exact) mass is 485 g/mol. The van der Waals surface area contributed by atoms with Crippen molar-refractivity contribution >= 4 is 27.6 Å². The summed E-state index contributed by atoms with van der Waals surface area (Å²) >= 11 is 6.23. The van der Waals surface area contributed by atoms with Gasteiger partial charge in [0.25, 0.3) is 0 Å². The van der Waals surface area contributed by atoms with Crippen molar-refractivity contribution in [2.24, 2.45) is 0 Å². The predicted molar refractivity (Wildman–Crippen MR) is 125 cm³/mol. The maximum absolute atomic E-state index is 13.1. The molecule has 3 aromatic rings. The van der Waals surface area contributed by atoms with Crippen LogP contribution in [0.3, 0.4) is 0 Å². The number of halogens is 1. The van der Waals surface area contributed by atoms with Gasteiger partial charge in [-0.15, -0.1) is 11.6 Å². The molecule has 2 N–H and O–H groups in total. The first-order valence-electron chi connectivity index (χ1n) is 10.5. The van der Waals surface area contributed by atoms with Crippen LogP contribution in [0.25, 0.3) is 0 Å². The van der Waals surface area contributed by atoms with Crippen LogP contribution in [-0.2, 0) is 26.0 Å². The molecule has 0 aromatic heterocycles. The van der Waals surface area contributed by atoms with E-state index in [2.05, 4.69) is 4.72 Å². The van der Waals surface area contributed by atoms with E-state index in [-0.39, 0.29) is 4.90 Å². The molecule has 1 aliphatic rings. The molecule has 0 spiro atoms. The van der Waals surface area contributed by atoms with Gasteiger partial charge in [-0.25, -0.2) is 8.42 Å². The number of benzene rings is 3. The summed E-state index contributed by atoms with van der Waals surface area (Å²) in [6.07, 6.45) is -1.74. The molecule has 3 aromatic carbocycles. The maximum atomic E-state index is 13.1. The van der Waals surface area contributed by atoms with E-state index in [1.807, 2.05) is 25.1 Å². The Labute approximate surface area is 198 Å². The smallest absolute Gasteiger partial charge is 0.327 e. The molecular formula is C25H24ClNO5S. The molecular weight excluding hydrogens is 462 g/mol. The molecule has 0 saturated heterocycles. The lowest BCUT2D eigenvalue weighted by Crippen LogP contribution is -2.38. The number of nitrogens with one attached hydrogen (secondary N) is 1. The zero-order valence-electron chi connectivity index (χ0n) is 17.9. The Bertz CT molecular complexity index is 1230. The molecule has 6 nitrogen and oxygen atoms in total. The molecule has 0 amide bonds. The van der Waals surface area contributed by atoms with E-state index in [1.54, 1.807) is 48.5 Å². The molecule has 0 bridgehead atoms. The van der Waals surface area contributed by atoms with Crippen LogP contribution in [0.4, 0.5) is 0 Å². The van der Waals surface area contributed by atoms with Crippen molar-refractivity contribution in [1.82, 2.24) is 4.72 Å². The average molecular weight is 486 g/mol. The van der Waals surface area contributed by atoms with Crippen LogP contribution < -0.4 is 4.72 Å². The van der Waals surface area contributed by atoms with Gasteiger partial charge < -0.3 is 9.84 Å². The summed E-state index contributed by atoms with van der Waals surface area (Å²) in [7, 11) is -3.88. The molecule has 0 aliphatic heterocycles. The minimum atomic E-state index is -3.88. The number of hydrogen-bond acceptors (Lipinski definition) is 5. The van der Waals surface area contributed by atoms with Gasteiger partial charge in [-0.3, -0.25) is 4.79 Å². The second kappa shape index (κ2) is 9.65. The highest BCUT2D eigenvalue weighted by molar-refractivity contribution is 7.89. The van der Waals surface area contributed by atoms with Crippen LogP contribution in [0.2, 0.25) is 0 Å². The first-order valence-corrected chi connectivity index (χ1v) is 12.4. The Kier molecular flexibility index (Phi) is 6.86. The van der Waals surface area contributed by atoms with Crippen molar-refractivity contribution in [3.63, 3.8) is 0 Å². The van der Waals surface area contributed by atoms with Gasteiger partial charge in [0.2, 0.25) is 10.0 Å². The highest BCUT2D eigenvalue weighted by atomic mass is 35.5. The molecule has 0 fully saturated rings. The van der Waals surface area contributed by atoms with E-state index in [1.165, 1.54) is 12.1 Å². The summed E-state index contributed by atoms with van der Waals surface area (Å²) < 4.78 is 34.4. The zero-order valence-corrected chi connectivity index (χ0v) is 19.5. The summed E-state index contributed by atoms with van der Waals surface area (Å²) in [5.41, 5.74) is 3.04. The molecule has 0 heterocycles. The number of ether oxygens (including phenoxy) is 1. The van der Waals surface area contributed by atoms with Crippen molar-refractivity contribution in [1.29, 1.82) is 0 Å². The third-order valence-corrected chi connectivity index (χ3v) is 7.58. The van der Waals surface area contributed by atoms with Gasteiger partial charge in [0.15, 0.2) is 5.38 Å². The Balaban J connectivity index is 1.55. The van der Waals surface area contributed by atoms with Crippen LogP contribution >= 0.6 is 11.6 Å². The minimum Gasteiger partial charge on any atom is -0.459 e. The lowest BCUT2D eigenvalue weighted by atomic mass is 10.1. The summed E-state index contributed by atoms with van der Waals surface area (Å²) in [6.45, 7) is 1.87. The van der Waals surface area contributed by atoms with Crippen LogP contribution in [0.1, 0.15) is 34.4 Å². The van der Waals surface area contributed by atoms with Crippen LogP contribution in [0.5, 0.6) is 0 Å². The number of fused-ring (bicyclic) bond motifs is 1. The Hall–Kier alpha value is -2.71. The van der Waals surface area contributed by atoms with Crippen molar-refractivity contribution < 1.29 is 23.1 Å². The quantitative estimate of drug-likeness (QED) is 0.392. The molecule has 1 aliphatic carbocycles. The Morgan fingerprint density at radius 2 is 1.67 bits per heavy atom. The first-order chi connectivity index (χ1) is 15.8. The lowest BCUT2D eigenvalue weighted by molar-refractivity contribution is -0.151. The number of sulfonamides is 1. The van der Waals surface area contributed by atoms with E-state index >= 15 is 0 Å². The number of rotatable bonds is 7. The number of aryl methyl sites for hydroxylation is 1. The topological polar surface area (TPSA) is 92.7 Å². The first kappa shape index (κ1) is 23.4. The highest BCUT2D eigenvalue weighted by Crippen LogP contribution is 2.35. The Morgan fingerprint density at radius 3 is 2.36 bits per heavy atom. The second-order valence-electron chi connectivity index (χ2n) is 8.05. The fourth-order valence-electron chi connectivity index (χ4n) is 3.92. The number of aliphatic hydroxyl groups is 1. The SMILES string of the molecule is Cc1ccc(S(=O)(=O)N[C@@H]2c3ccccc3C[C@@H]2OC(=O)[C@H](Cl)[C@@H](O)c2ccccc2)cc1. The highest BCUT2D eigenvalue weighted by Gasteiger charge is 2.40. The van der Waals surface area contributed by atoms with E-state index < -0.39 is 39.6 Å². The number of esters is 1. The summed E-state index contributed by atoms with van der Waals surface area (Å²) in [5, 5.41) is 9.14. The third kappa shape index (κ3) is 5.12. The molecule has 8 heteroatoms. The lowest BCUT2D eigenvalue weighted by Gasteiger charge is -2.24. The largest absolute Gasteiger partial charge is 0.459 e. The van der Waals surface area contributed by atoms with Crippen molar-refractivity contribution in [3.8, 4) is 0 Å². The molecule has 0 saturated carbocycles. The van der Waals surface area contributed by atoms with Crippen molar-refractivity contribution in [2.45, 2.75) is 41.9 Å². The van der Waals surface area contributed by atoms with E-state index in [9.17, 15) is 18.3 Å². The van der Waals surface area contributed by atoms with Crippen LogP contribution in [0.15, 0.2) is 83.8 Å². The van der Waals surface area contributed by atoms with Gasteiger partial charge in [-0.1, -0.05) is 72.3 Å². The maximum Gasteiger partial charge on any atom is 0.327 e. The molecule has 4 atom stereocenters. The van der Waals surface area contributed by atoms with Crippen molar-refractivity contribution in [2.75, 3.05) is 0 Å². The van der Waals surface area contributed by atoms with Crippen LogP contribution in [0, 0.1) is 6.92 Å². The standard InChI is InChI=1S/C25H24ClNO5S/c1-16-11-13-19(14-12-16)33(30,31)27-23-20-10-6-5-9-18(20)15-21(23)32-25(29)22(26)24(28)17-7-3-2-4-8-17/h2-14,21-24,27-28H,15H2,1H3/t21-,22+,23+,24-/m0/s1. The van der Waals surface area contributed by atoms with Gasteiger partial charge in [0, 0.05) is 6.42 Å². The van der Waals surface area contributed by atoms with Gasteiger partial charge >= 0.3 is 5.97 Å². The second-order valence-corrected chi connectivity index (χ2v) is 10.2. The molecule has 0 unspecified atom stereocenters. The summed E-state index contributed by atoms with van der Waals surface area (Å²) in [6, 6.07) is 21.6. The summed E-state index contributed by atoms with van der Waals surface area (Å²) in [4.78, 5) is 12.9. The number of hydrogen-bond donors (Lipinski definition) is 2. The van der Waals surface area contributed by atoms with Gasteiger partial charge in [-0.2, -0.15) is 4.72 Å². The van der Waals surface area contributed by atoms with E-state index in [0.29, 0.717) is 12.0 Å². The van der Waals surface area contributed by atoms with Crippen LogP contribution in [-0.4, -0.2) is 31.0 Å². The van der Waals surface area contributed by atoms with Gasteiger partial charge in [0.1, 0.15) is 12.2 Å². The fraction of sp³-hybridized carbons (Fsp3) is 0.240.